The molecule has 0 aromatic carbocycles. The predicted molar refractivity (Wildman–Crippen MR) is 96.6 cm³/mol. The van der Waals surface area contributed by atoms with Gasteiger partial charge in [0, 0.05) is 42.2 Å². The van der Waals surface area contributed by atoms with E-state index in [2.05, 4.69) is 25.0 Å². The molecule has 2 N–H and O–H groups in total. The van der Waals surface area contributed by atoms with Crippen molar-refractivity contribution in [2.45, 2.75) is 37.6 Å². The van der Waals surface area contributed by atoms with Crippen LogP contribution in [0.25, 0.3) is 0 Å². The fraction of sp³-hybridized carbons (Fsp3) is 0.471. The van der Waals surface area contributed by atoms with E-state index >= 15 is 0 Å². The molecule has 0 aliphatic heterocycles. The van der Waals surface area contributed by atoms with Gasteiger partial charge in [-0.25, -0.2) is 27.5 Å². The molecule has 1 atom stereocenters. The van der Waals surface area contributed by atoms with Gasteiger partial charge in [-0.15, -0.1) is 0 Å². The number of aromatic nitrogens is 3. The molecule has 0 bridgehead atoms. The number of nitrogens with one attached hydrogen (secondary N) is 2. The quantitative estimate of drug-likeness (QED) is 0.765. The highest BCUT2D eigenvalue weighted by atomic mass is 32.2. The third-order valence-corrected chi connectivity index (χ3v) is 5.50. The van der Waals surface area contributed by atoms with Gasteiger partial charge in [-0.05, 0) is 31.9 Å². The summed E-state index contributed by atoms with van der Waals surface area (Å²) in [5, 5.41) is 3.16. The Hall–Kier alpha value is -2.13. The molecule has 2 aromatic heterocycles. The van der Waals surface area contributed by atoms with Gasteiger partial charge in [-0.1, -0.05) is 6.42 Å². The zero-order valence-electron chi connectivity index (χ0n) is 14.7. The van der Waals surface area contributed by atoms with Gasteiger partial charge < -0.3 is 5.32 Å². The maximum absolute atomic E-state index is 14.1. The molecular formula is C17H22FN5O2S. The molecule has 0 radical (unpaired) electrons. The van der Waals surface area contributed by atoms with E-state index in [0.29, 0.717) is 23.8 Å². The van der Waals surface area contributed by atoms with Crippen molar-refractivity contribution >= 4 is 16.0 Å². The van der Waals surface area contributed by atoms with Crippen LogP contribution in [0, 0.1) is 5.82 Å². The number of sulfonamides is 1. The average Bonchev–Trinajstić information content (AvgIpc) is 2.54. The second-order valence-corrected chi connectivity index (χ2v) is 8.55. The molecule has 2 heterocycles. The molecule has 0 amide bonds. The van der Waals surface area contributed by atoms with E-state index in [1.165, 1.54) is 6.07 Å². The van der Waals surface area contributed by atoms with Gasteiger partial charge >= 0.3 is 0 Å². The van der Waals surface area contributed by atoms with Crippen molar-refractivity contribution in [3.05, 3.63) is 47.8 Å². The molecule has 140 valence electrons. The predicted octanol–water partition coefficient (Wildman–Crippen LogP) is 2.15. The summed E-state index contributed by atoms with van der Waals surface area (Å²) in [7, 11) is -3.31. The zero-order chi connectivity index (χ0) is 18.8. The maximum atomic E-state index is 14.1. The Bertz CT molecular complexity index is 869. The van der Waals surface area contributed by atoms with Gasteiger partial charge in [0.1, 0.15) is 5.82 Å². The SMILES string of the molecule is CC(NS(C)(=O)=O)c1cnc(NCC2(c3ncccc3F)CCC2)nc1. The van der Waals surface area contributed by atoms with Crippen LogP contribution in [0.1, 0.15) is 43.5 Å². The molecule has 1 aliphatic rings. The van der Waals surface area contributed by atoms with Gasteiger partial charge in [-0.3, -0.25) is 4.98 Å². The summed E-state index contributed by atoms with van der Waals surface area (Å²) in [4.78, 5) is 12.7. The second-order valence-electron chi connectivity index (χ2n) is 6.77. The lowest BCUT2D eigenvalue weighted by Crippen LogP contribution is -2.42. The summed E-state index contributed by atoms with van der Waals surface area (Å²) in [5.41, 5.74) is 0.815. The molecule has 1 unspecified atom stereocenters. The Morgan fingerprint density at radius 2 is 1.96 bits per heavy atom. The van der Waals surface area contributed by atoms with E-state index < -0.39 is 16.1 Å². The highest BCUT2D eigenvalue weighted by molar-refractivity contribution is 7.88. The van der Waals surface area contributed by atoms with Crippen molar-refractivity contribution in [1.29, 1.82) is 0 Å². The number of hydrogen-bond donors (Lipinski definition) is 2. The molecule has 9 heteroatoms. The molecule has 2 aromatic rings. The summed E-state index contributed by atoms with van der Waals surface area (Å²) < 4.78 is 39.2. The highest BCUT2D eigenvalue weighted by Crippen LogP contribution is 2.43. The molecule has 0 saturated heterocycles. The number of hydrogen-bond acceptors (Lipinski definition) is 6. The number of halogens is 1. The minimum absolute atomic E-state index is 0.286. The van der Waals surface area contributed by atoms with E-state index in [1.54, 1.807) is 31.6 Å². The van der Waals surface area contributed by atoms with Gasteiger partial charge in [0.2, 0.25) is 16.0 Å². The van der Waals surface area contributed by atoms with E-state index in [9.17, 15) is 12.8 Å². The first-order valence-electron chi connectivity index (χ1n) is 8.43. The summed E-state index contributed by atoms with van der Waals surface area (Å²) >= 11 is 0. The van der Waals surface area contributed by atoms with Crippen molar-refractivity contribution in [3.8, 4) is 0 Å². The summed E-state index contributed by atoms with van der Waals surface area (Å²) in [5.74, 6) is 0.133. The van der Waals surface area contributed by atoms with Crippen molar-refractivity contribution < 1.29 is 12.8 Å². The smallest absolute Gasteiger partial charge is 0.222 e. The third kappa shape index (κ3) is 4.16. The molecule has 26 heavy (non-hydrogen) atoms. The van der Waals surface area contributed by atoms with Crippen LogP contribution in [0.2, 0.25) is 0 Å². The fourth-order valence-corrected chi connectivity index (χ4v) is 3.95. The fourth-order valence-electron chi connectivity index (χ4n) is 3.17. The first kappa shape index (κ1) is 18.7. The van der Waals surface area contributed by atoms with Crippen LogP contribution in [-0.2, 0) is 15.4 Å². The normalized spacial score (nSPS) is 17.3. The molecule has 1 fully saturated rings. The lowest BCUT2D eigenvalue weighted by Gasteiger charge is -2.41. The van der Waals surface area contributed by atoms with Gasteiger partial charge in [0.25, 0.3) is 0 Å². The summed E-state index contributed by atoms with van der Waals surface area (Å²) in [6.07, 6.45) is 8.63. The standard InChI is InChI=1S/C17H22FN5O2S/c1-12(23-26(2,24)25)13-9-20-16(21-10-13)22-11-17(6-4-7-17)15-14(18)5-3-8-19-15/h3,5,8-10,12,23H,4,6-7,11H2,1-2H3,(H,20,21,22). The number of pyridine rings is 1. The Balaban J connectivity index is 1.67. The van der Waals surface area contributed by atoms with Crippen LogP contribution in [0.15, 0.2) is 30.7 Å². The summed E-state index contributed by atoms with van der Waals surface area (Å²) in [6.45, 7) is 2.22. The average molecular weight is 379 g/mol. The van der Waals surface area contributed by atoms with E-state index in [1.807, 2.05) is 0 Å². The lowest BCUT2D eigenvalue weighted by molar-refractivity contribution is 0.243. The van der Waals surface area contributed by atoms with Crippen molar-refractivity contribution in [1.82, 2.24) is 19.7 Å². The molecule has 7 nitrogen and oxygen atoms in total. The molecule has 3 rings (SSSR count). The van der Waals surface area contributed by atoms with Crippen LogP contribution in [-0.4, -0.2) is 36.2 Å². The van der Waals surface area contributed by atoms with Crippen molar-refractivity contribution in [3.63, 3.8) is 0 Å². The minimum Gasteiger partial charge on any atom is -0.353 e. The second kappa shape index (κ2) is 7.24. The van der Waals surface area contributed by atoms with Crippen LogP contribution >= 0.6 is 0 Å². The third-order valence-electron chi connectivity index (χ3n) is 4.72. The van der Waals surface area contributed by atoms with Crippen LogP contribution in [0.5, 0.6) is 0 Å². The topological polar surface area (TPSA) is 96.9 Å². The Kier molecular flexibility index (Phi) is 5.19. The lowest BCUT2D eigenvalue weighted by atomic mass is 9.66. The van der Waals surface area contributed by atoms with Crippen LogP contribution in [0.4, 0.5) is 10.3 Å². The molecule has 1 saturated carbocycles. The van der Waals surface area contributed by atoms with Crippen LogP contribution in [0.3, 0.4) is 0 Å². The largest absolute Gasteiger partial charge is 0.353 e. The monoisotopic (exact) mass is 379 g/mol. The number of rotatable bonds is 7. The van der Waals surface area contributed by atoms with Gasteiger partial charge in [0.05, 0.1) is 11.9 Å². The highest BCUT2D eigenvalue weighted by Gasteiger charge is 2.41. The Labute approximate surface area is 152 Å². The van der Waals surface area contributed by atoms with Gasteiger partial charge in [0.15, 0.2) is 0 Å². The minimum atomic E-state index is -3.31. The molecular weight excluding hydrogens is 357 g/mol. The van der Waals surface area contributed by atoms with E-state index in [-0.39, 0.29) is 11.2 Å². The maximum Gasteiger partial charge on any atom is 0.222 e. The molecule has 0 spiro atoms. The number of anilines is 1. The van der Waals surface area contributed by atoms with E-state index in [0.717, 1.165) is 25.5 Å². The first-order valence-corrected chi connectivity index (χ1v) is 10.3. The number of nitrogens with zero attached hydrogens (tertiary/aromatic N) is 3. The van der Waals surface area contributed by atoms with Crippen molar-refractivity contribution in [2.75, 3.05) is 18.1 Å². The first-order chi connectivity index (χ1) is 12.3. The summed E-state index contributed by atoms with van der Waals surface area (Å²) in [6, 6.07) is 2.61. The van der Waals surface area contributed by atoms with E-state index in [4.69, 9.17) is 0 Å². The van der Waals surface area contributed by atoms with Gasteiger partial charge in [-0.2, -0.15) is 0 Å². The van der Waals surface area contributed by atoms with Crippen LogP contribution < -0.4 is 10.0 Å². The van der Waals surface area contributed by atoms with Crippen molar-refractivity contribution in [2.24, 2.45) is 0 Å². The molecule has 1 aliphatic carbocycles. The Morgan fingerprint density at radius 3 is 2.50 bits per heavy atom. The zero-order valence-corrected chi connectivity index (χ0v) is 15.6. The Morgan fingerprint density at radius 1 is 1.27 bits per heavy atom.